The van der Waals surface area contributed by atoms with Crippen LogP contribution in [0.2, 0.25) is 5.02 Å². The molecule has 1 aromatic carbocycles. The van der Waals surface area contributed by atoms with Crippen LogP contribution < -0.4 is 10.6 Å². The van der Waals surface area contributed by atoms with Crippen LogP contribution in [0.4, 0.5) is 18.9 Å². The highest BCUT2D eigenvalue weighted by molar-refractivity contribution is 6.30. The number of alkyl halides is 3. The van der Waals surface area contributed by atoms with Crippen LogP contribution in [0.5, 0.6) is 0 Å². The Morgan fingerprint density at radius 3 is 2.54 bits per heavy atom. The lowest BCUT2D eigenvalue weighted by atomic mass is 10.1. The molecule has 0 fully saturated rings. The van der Waals surface area contributed by atoms with Crippen molar-refractivity contribution in [3.8, 4) is 0 Å². The van der Waals surface area contributed by atoms with Gasteiger partial charge in [0.1, 0.15) is 5.69 Å². The number of hydrogen-bond donors (Lipinski definition) is 2. The Balaban J connectivity index is 2.25. The summed E-state index contributed by atoms with van der Waals surface area (Å²) in [6, 6.07) is 5.55. The van der Waals surface area contributed by atoms with Crippen molar-refractivity contribution in [2.45, 2.75) is 19.5 Å². The van der Waals surface area contributed by atoms with Gasteiger partial charge in [-0.3, -0.25) is 14.6 Å². The normalized spacial score (nSPS) is 11.1. The van der Waals surface area contributed by atoms with E-state index in [0.717, 1.165) is 18.6 Å². The summed E-state index contributed by atoms with van der Waals surface area (Å²) in [5, 5.41) is 4.69. The van der Waals surface area contributed by atoms with E-state index in [1.807, 2.05) is 6.92 Å². The molecule has 5 nitrogen and oxygen atoms in total. The zero-order valence-electron chi connectivity index (χ0n) is 13.7. The Morgan fingerprint density at radius 1 is 1.15 bits per heavy atom. The van der Waals surface area contributed by atoms with E-state index in [1.54, 1.807) is 0 Å². The maximum absolute atomic E-state index is 13.1. The summed E-state index contributed by atoms with van der Waals surface area (Å²) in [6.45, 7) is 2.32. The fraction of sp³-hybridized carbons (Fsp3) is 0.235. The van der Waals surface area contributed by atoms with Gasteiger partial charge in [-0.05, 0) is 36.8 Å². The molecule has 2 rings (SSSR count). The fourth-order valence-electron chi connectivity index (χ4n) is 2.08. The number of carbonyl (C=O) groups excluding carboxylic acids is 2. The van der Waals surface area contributed by atoms with Crippen molar-refractivity contribution in [2.24, 2.45) is 0 Å². The van der Waals surface area contributed by atoms with E-state index in [-0.39, 0.29) is 16.3 Å². The fourth-order valence-corrected chi connectivity index (χ4v) is 2.25. The predicted molar refractivity (Wildman–Crippen MR) is 91.3 cm³/mol. The van der Waals surface area contributed by atoms with Gasteiger partial charge < -0.3 is 10.6 Å². The highest BCUT2D eigenvalue weighted by atomic mass is 35.5. The number of nitrogens with one attached hydrogen (secondary N) is 2. The van der Waals surface area contributed by atoms with Gasteiger partial charge in [0.25, 0.3) is 11.8 Å². The Labute approximate surface area is 152 Å². The summed E-state index contributed by atoms with van der Waals surface area (Å²) >= 11 is 5.61. The lowest BCUT2D eigenvalue weighted by Crippen LogP contribution is -2.25. The number of amides is 2. The van der Waals surface area contributed by atoms with E-state index in [9.17, 15) is 22.8 Å². The summed E-state index contributed by atoms with van der Waals surface area (Å²) in [6.07, 6.45) is -2.72. The van der Waals surface area contributed by atoms with Gasteiger partial charge in [-0.2, -0.15) is 13.2 Å². The number of halogens is 4. The summed E-state index contributed by atoms with van der Waals surface area (Å²) in [5.74, 6) is -1.27. The average Bonchev–Trinajstić information content (AvgIpc) is 2.60. The molecule has 0 aliphatic rings. The minimum absolute atomic E-state index is 0.00162. The van der Waals surface area contributed by atoms with Crippen molar-refractivity contribution in [2.75, 3.05) is 11.9 Å². The van der Waals surface area contributed by atoms with Gasteiger partial charge in [-0.1, -0.05) is 18.5 Å². The van der Waals surface area contributed by atoms with Gasteiger partial charge in [0.05, 0.1) is 11.3 Å². The van der Waals surface area contributed by atoms with Crippen molar-refractivity contribution in [3.63, 3.8) is 0 Å². The zero-order chi connectivity index (χ0) is 19.3. The first-order chi connectivity index (χ1) is 12.2. The maximum Gasteiger partial charge on any atom is 0.418 e. The lowest BCUT2D eigenvalue weighted by molar-refractivity contribution is -0.136. The second-order valence-electron chi connectivity index (χ2n) is 5.33. The molecular formula is C17H15ClF3N3O2. The largest absolute Gasteiger partial charge is 0.418 e. The second kappa shape index (κ2) is 8.18. The molecule has 0 aliphatic heterocycles. The van der Waals surface area contributed by atoms with Crippen LogP contribution in [0.3, 0.4) is 0 Å². The molecule has 0 unspecified atom stereocenters. The van der Waals surface area contributed by atoms with Gasteiger partial charge >= 0.3 is 6.18 Å². The number of anilines is 1. The second-order valence-corrected chi connectivity index (χ2v) is 5.76. The molecule has 1 heterocycles. The SMILES string of the molecule is CCCNC(=O)c1cc(C(=O)Nc2ccc(Cl)cc2C(F)(F)F)ccn1. The van der Waals surface area contributed by atoms with Gasteiger partial charge in [-0.25, -0.2) is 0 Å². The molecule has 9 heteroatoms. The van der Waals surface area contributed by atoms with E-state index < -0.39 is 29.2 Å². The van der Waals surface area contributed by atoms with E-state index >= 15 is 0 Å². The van der Waals surface area contributed by atoms with Crippen LogP contribution in [0.15, 0.2) is 36.5 Å². The molecule has 1 aromatic heterocycles. The average molecular weight is 386 g/mol. The van der Waals surface area contributed by atoms with E-state index in [1.165, 1.54) is 24.4 Å². The molecule has 0 spiro atoms. The van der Waals surface area contributed by atoms with Gasteiger partial charge in [0, 0.05) is 23.3 Å². The van der Waals surface area contributed by atoms with Crippen LogP contribution in [-0.2, 0) is 6.18 Å². The molecule has 0 aliphatic carbocycles. The molecule has 0 bridgehead atoms. The Morgan fingerprint density at radius 2 is 1.88 bits per heavy atom. The Bertz CT molecular complexity index is 825. The standard InChI is InChI=1S/C17H15ClF3N3O2/c1-2-6-23-16(26)14-8-10(5-7-22-14)15(25)24-13-4-3-11(18)9-12(13)17(19,20)21/h3-5,7-9H,2,6H2,1H3,(H,23,26)(H,24,25). The summed E-state index contributed by atoms with van der Waals surface area (Å²) < 4.78 is 39.3. The molecular weight excluding hydrogens is 371 g/mol. The Kier molecular flexibility index (Phi) is 6.20. The minimum Gasteiger partial charge on any atom is -0.351 e. The highest BCUT2D eigenvalue weighted by Gasteiger charge is 2.34. The lowest BCUT2D eigenvalue weighted by Gasteiger charge is -2.14. The molecule has 0 radical (unpaired) electrons. The third-order valence-electron chi connectivity index (χ3n) is 3.33. The maximum atomic E-state index is 13.1. The molecule has 138 valence electrons. The van der Waals surface area contributed by atoms with Crippen molar-refractivity contribution in [1.82, 2.24) is 10.3 Å². The number of carbonyl (C=O) groups is 2. The van der Waals surface area contributed by atoms with Crippen molar-refractivity contribution < 1.29 is 22.8 Å². The third kappa shape index (κ3) is 4.95. The van der Waals surface area contributed by atoms with Gasteiger partial charge in [0.2, 0.25) is 0 Å². The van der Waals surface area contributed by atoms with Crippen LogP contribution in [0, 0.1) is 0 Å². The van der Waals surface area contributed by atoms with Crippen molar-refractivity contribution in [1.29, 1.82) is 0 Å². The topological polar surface area (TPSA) is 71.1 Å². The minimum atomic E-state index is -4.68. The first-order valence-electron chi connectivity index (χ1n) is 7.64. The number of hydrogen-bond acceptors (Lipinski definition) is 3. The molecule has 0 saturated carbocycles. The molecule has 0 saturated heterocycles. The molecule has 2 aromatic rings. The number of benzene rings is 1. The third-order valence-corrected chi connectivity index (χ3v) is 3.56. The van der Waals surface area contributed by atoms with Crippen LogP contribution in [-0.4, -0.2) is 23.3 Å². The predicted octanol–water partition coefficient (Wildman–Crippen LogP) is 4.15. The quantitative estimate of drug-likeness (QED) is 0.812. The molecule has 2 N–H and O–H groups in total. The molecule has 2 amide bonds. The monoisotopic (exact) mass is 385 g/mol. The number of aromatic nitrogens is 1. The summed E-state index contributed by atoms with van der Waals surface area (Å²) in [5.41, 5.74) is -1.49. The van der Waals surface area contributed by atoms with Crippen LogP contribution in [0.1, 0.15) is 39.8 Å². The van der Waals surface area contributed by atoms with Crippen molar-refractivity contribution in [3.05, 3.63) is 58.4 Å². The smallest absolute Gasteiger partial charge is 0.351 e. The molecule has 0 atom stereocenters. The number of pyridine rings is 1. The van der Waals surface area contributed by atoms with Crippen LogP contribution >= 0.6 is 11.6 Å². The first-order valence-corrected chi connectivity index (χ1v) is 8.02. The van der Waals surface area contributed by atoms with E-state index in [0.29, 0.717) is 6.54 Å². The number of nitrogens with zero attached hydrogens (tertiary/aromatic N) is 1. The summed E-state index contributed by atoms with van der Waals surface area (Å²) in [4.78, 5) is 28.0. The Hall–Kier alpha value is -2.61. The highest BCUT2D eigenvalue weighted by Crippen LogP contribution is 2.36. The summed E-state index contributed by atoms with van der Waals surface area (Å²) in [7, 11) is 0. The van der Waals surface area contributed by atoms with Crippen LogP contribution in [0.25, 0.3) is 0 Å². The van der Waals surface area contributed by atoms with Gasteiger partial charge in [0.15, 0.2) is 0 Å². The van der Waals surface area contributed by atoms with Gasteiger partial charge in [-0.15, -0.1) is 0 Å². The number of rotatable bonds is 5. The van der Waals surface area contributed by atoms with Crippen molar-refractivity contribution >= 4 is 29.1 Å². The first kappa shape index (κ1) is 19.7. The van der Waals surface area contributed by atoms with E-state index in [4.69, 9.17) is 11.6 Å². The zero-order valence-corrected chi connectivity index (χ0v) is 14.4. The van der Waals surface area contributed by atoms with E-state index in [2.05, 4.69) is 15.6 Å². The molecule has 26 heavy (non-hydrogen) atoms.